The van der Waals surface area contributed by atoms with Crippen molar-refractivity contribution in [3.63, 3.8) is 0 Å². The molecule has 1 amide bonds. The number of benzene rings is 2. The minimum absolute atomic E-state index is 0.0118. The largest absolute Gasteiger partial charge is 0.506 e. The van der Waals surface area contributed by atoms with Gasteiger partial charge in [-0.15, -0.1) is 0 Å². The van der Waals surface area contributed by atoms with Crippen LogP contribution in [0.2, 0.25) is 0 Å². The zero-order valence-electron chi connectivity index (χ0n) is 20.1. The molecule has 2 aromatic rings. The van der Waals surface area contributed by atoms with E-state index in [0.29, 0.717) is 17.9 Å². The van der Waals surface area contributed by atoms with E-state index in [0.717, 1.165) is 19.3 Å². The molecule has 1 spiro atoms. The van der Waals surface area contributed by atoms with Crippen LogP contribution in [0.1, 0.15) is 50.2 Å². The van der Waals surface area contributed by atoms with Crippen LogP contribution in [0.5, 0.6) is 11.5 Å². The van der Waals surface area contributed by atoms with Gasteiger partial charge in [0.1, 0.15) is 17.2 Å². The number of ketones is 1. The van der Waals surface area contributed by atoms with Gasteiger partial charge in [-0.1, -0.05) is 49.4 Å². The topological polar surface area (TPSA) is 95.9 Å². The number of anilines is 1. The van der Waals surface area contributed by atoms with Gasteiger partial charge in [-0.05, 0) is 67.2 Å². The molecule has 2 aliphatic heterocycles. The SMILES string of the molecule is Cc1ccc(O)c(NC(=O)CC[C@]2(C)C(=O)C=CC34CC5CC(OC5(c5ccccc5)C3)C42)c1O. The number of ether oxygens (including phenoxy) is 1. The van der Waals surface area contributed by atoms with Gasteiger partial charge < -0.3 is 20.3 Å². The number of carbonyl (C=O) groups excluding carboxylic acids is 2. The van der Waals surface area contributed by atoms with Crippen molar-refractivity contribution in [2.75, 3.05) is 5.32 Å². The minimum Gasteiger partial charge on any atom is -0.506 e. The molecular formula is C29H31NO5. The average Bonchev–Trinajstić information content (AvgIpc) is 3.26. The summed E-state index contributed by atoms with van der Waals surface area (Å²) in [4.78, 5) is 26.2. The lowest BCUT2D eigenvalue weighted by atomic mass is 9.51. The number of phenolic OH excluding ortho intramolecular Hbond substituents is 2. The molecule has 0 radical (unpaired) electrons. The van der Waals surface area contributed by atoms with E-state index >= 15 is 0 Å². The molecule has 4 fully saturated rings. The van der Waals surface area contributed by atoms with Crippen LogP contribution < -0.4 is 5.32 Å². The number of allylic oxidation sites excluding steroid dienone is 2. The van der Waals surface area contributed by atoms with Gasteiger partial charge in [0.2, 0.25) is 5.91 Å². The highest BCUT2D eigenvalue weighted by atomic mass is 16.5. The van der Waals surface area contributed by atoms with Crippen LogP contribution in [0, 0.1) is 29.6 Å². The highest BCUT2D eigenvalue weighted by Crippen LogP contribution is 2.74. The second-order valence-corrected chi connectivity index (χ2v) is 11.2. The number of phenols is 2. The van der Waals surface area contributed by atoms with Crippen molar-refractivity contribution in [3.8, 4) is 11.5 Å². The fourth-order valence-corrected chi connectivity index (χ4v) is 7.80. The van der Waals surface area contributed by atoms with Crippen LogP contribution in [-0.4, -0.2) is 28.0 Å². The first-order valence-electron chi connectivity index (χ1n) is 12.5. The average molecular weight is 474 g/mol. The summed E-state index contributed by atoms with van der Waals surface area (Å²) in [5.74, 6) is -0.168. The molecule has 0 aromatic heterocycles. The highest BCUT2D eigenvalue weighted by molar-refractivity contribution is 5.98. The van der Waals surface area contributed by atoms with Crippen molar-refractivity contribution in [1.29, 1.82) is 0 Å². The van der Waals surface area contributed by atoms with E-state index in [-0.39, 0.29) is 58.3 Å². The Balaban J connectivity index is 1.25. The highest BCUT2D eigenvalue weighted by Gasteiger charge is 2.73. The number of amides is 1. The maximum atomic E-state index is 13.3. The van der Waals surface area contributed by atoms with Gasteiger partial charge in [0.25, 0.3) is 0 Å². The van der Waals surface area contributed by atoms with E-state index < -0.39 is 5.41 Å². The van der Waals surface area contributed by atoms with Crippen LogP contribution in [0.3, 0.4) is 0 Å². The van der Waals surface area contributed by atoms with Gasteiger partial charge >= 0.3 is 0 Å². The van der Waals surface area contributed by atoms with Crippen molar-refractivity contribution < 1.29 is 24.5 Å². The molecule has 3 aliphatic carbocycles. The third kappa shape index (κ3) is 3.05. The summed E-state index contributed by atoms with van der Waals surface area (Å²) in [5, 5.41) is 23.0. The first-order valence-corrected chi connectivity index (χ1v) is 12.5. The monoisotopic (exact) mass is 473 g/mol. The van der Waals surface area contributed by atoms with Gasteiger partial charge in [0, 0.05) is 17.8 Å². The Hall–Kier alpha value is -3.12. The Labute approximate surface area is 205 Å². The van der Waals surface area contributed by atoms with E-state index in [2.05, 4.69) is 35.7 Å². The number of hydrogen-bond donors (Lipinski definition) is 3. The molecule has 5 aliphatic rings. The number of rotatable bonds is 5. The second kappa shape index (κ2) is 7.44. The molecule has 7 rings (SSSR count). The summed E-state index contributed by atoms with van der Waals surface area (Å²) in [6, 6.07) is 13.5. The smallest absolute Gasteiger partial charge is 0.224 e. The van der Waals surface area contributed by atoms with Crippen molar-refractivity contribution in [2.24, 2.45) is 22.7 Å². The zero-order chi connectivity index (χ0) is 24.6. The fraction of sp³-hybridized carbons (Fsp3) is 0.448. The summed E-state index contributed by atoms with van der Waals surface area (Å²) in [6.07, 6.45) is 7.17. The minimum atomic E-state index is -0.717. The molecule has 3 N–H and O–H groups in total. The Kier molecular flexibility index (Phi) is 4.75. The molecule has 35 heavy (non-hydrogen) atoms. The molecule has 6 atom stereocenters. The van der Waals surface area contributed by atoms with Crippen LogP contribution in [0.15, 0.2) is 54.6 Å². The third-order valence-electron chi connectivity index (χ3n) is 9.32. The summed E-state index contributed by atoms with van der Waals surface area (Å²) < 4.78 is 6.83. The van der Waals surface area contributed by atoms with Crippen LogP contribution in [0.4, 0.5) is 5.69 Å². The molecule has 5 unspecified atom stereocenters. The standard InChI is InChI=1S/C29H31NO5/c1-17-8-9-20(31)24(25(17)34)30-23(33)11-12-27(2)22(32)10-13-28-15-19-14-21(26(27)28)35-29(19,16-28)18-6-4-3-5-7-18/h3-10,13,19,21,26,31,34H,11-12,14-16H2,1-2H3,(H,30,33)/t19?,21?,26?,27-,28?,29?/m1/s1. The second-order valence-electron chi connectivity index (χ2n) is 11.2. The van der Waals surface area contributed by atoms with Gasteiger partial charge in [-0.2, -0.15) is 0 Å². The van der Waals surface area contributed by atoms with E-state index in [1.807, 2.05) is 13.0 Å². The van der Waals surface area contributed by atoms with E-state index in [9.17, 15) is 19.8 Å². The normalized spacial score (nSPS) is 36.4. The van der Waals surface area contributed by atoms with Crippen molar-refractivity contribution in [2.45, 2.75) is 57.7 Å². The fourth-order valence-electron chi connectivity index (χ4n) is 7.80. The molecule has 182 valence electrons. The first kappa shape index (κ1) is 22.4. The lowest BCUT2D eigenvalue weighted by Crippen LogP contribution is -2.56. The van der Waals surface area contributed by atoms with E-state index in [1.165, 1.54) is 11.6 Å². The van der Waals surface area contributed by atoms with E-state index in [4.69, 9.17) is 4.74 Å². The Morgan fingerprint density at radius 1 is 1.17 bits per heavy atom. The number of carbonyl (C=O) groups is 2. The van der Waals surface area contributed by atoms with E-state index in [1.54, 1.807) is 19.1 Å². The van der Waals surface area contributed by atoms with Gasteiger partial charge in [0.05, 0.1) is 11.7 Å². The van der Waals surface area contributed by atoms with Crippen molar-refractivity contribution in [1.82, 2.24) is 0 Å². The molecule has 6 nitrogen and oxygen atoms in total. The maximum Gasteiger partial charge on any atom is 0.224 e. The van der Waals surface area contributed by atoms with Crippen molar-refractivity contribution in [3.05, 3.63) is 65.7 Å². The van der Waals surface area contributed by atoms with Gasteiger partial charge in [-0.25, -0.2) is 0 Å². The van der Waals surface area contributed by atoms with Gasteiger partial charge in [-0.3, -0.25) is 9.59 Å². The maximum absolute atomic E-state index is 13.3. The molecule has 2 aromatic carbocycles. The quantitative estimate of drug-likeness (QED) is 0.532. The molecular weight excluding hydrogens is 442 g/mol. The zero-order valence-corrected chi connectivity index (χ0v) is 20.1. The third-order valence-corrected chi connectivity index (χ3v) is 9.32. The summed E-state index contributed by atoms with van der Waals surface area (Å²) >= 11 is 0. The molecule has 2 heterocycles. The lowest BCUT2D eigenvalue weighted by Gasteiger charge is -2.55. The summed E-state index contributed by atoms with van der Waals surface area (Å²) in [6.45, 7) is 3.69. The van der Waals surface area contributed by atoms with Crippen molar-refractivity contribution >= 4 is 17.4 Å². The van der Waals surface area contributed by atoms with Crippen LogP contribution in [0.25, 0.3) is 0 Å². The lowest BCUT2D eigenvalue weighted by molar-refractivity contribution is -0.176. The first-order chi connectivity index (χ1) is 16.7. The summed E-state index contributed by atoms with van der Waals surface area (Å²) in [7, 11) is 0. The Morgan fingerprint density at radius 2 is 1.94 bits per heavy atom. The molecule has 6 heteroatoms. The number of nitrogens with one attached hydrogen (secondary N) is 1. The number of hydrogen-bond acceptors (Lipinski definition) is 5. The Morgan fingerprint density at radius 3 is 2.71 bits per heavy atom. The Bertz CT molecular complexity index is 1260. The predicted molar refractivity (Wildman–Crippen MR) is 131 cm³/mol. The molecule has 2 saturated heterocycles. The number of aromatic hydroxyl groups is 2. The van der Waals surface area contributed by atoms with Gasteiger partial charge in [0.15, 0.2) is 5.78 Å². The van der Waals surface area contributed by atoms with Crippen LogP contribution in [-0.2, 0) is 19.9 Å². The molecule has 4 bridgehead atoms. The van der Waals surface area contributed by atoms with Crippen LogP contribution >= 0.6 is 0 Å². The number of aryl methyl sites for hydroxylation is 1. The predicted octanol–water partition coefficient (Wildman–Crippen LogP) is 4.98. The molecule has 2 saturated carbocycles. The summed E-state index contributed by atoms with van der Waals surface area (Å²) in [5.41, 5.74) is 0.692.